The molecule has 0 bridgehead atoms. The Morgan fingerprint density at radius 1 is 1.04 bits per heavy atom. The summed E-state index contributed by atoms with van der Waals surface area (Å²) in [6.07, 6.45) is -0.816. The van der Waals surface area contributed by atoms with Crippen molar-refractivity contribution < 1.29 is 13.2 Å². The number of alkyl halides is 3. The maximum Gasteiger partial charge on any atom is 0.416 e. The zero-order valence-electron chi connectivity index (χ0n) is 14.2. The van der Waals surface area contributed by atoms with Crippen LogP contribution in [0.1, 0.15) is 17.8 Å². The Balaban J connectivity index is 1.72. The van der Waals surface area contributed by atoms with Crippen LogP contribution in [0.2, 0.25) is 0 Å². The molecule has 0 aliphatic carbocycles. The highest BCUT2D eigenvalue weighted by atomic mass is 19.4. The third kappa shape index (κ3) is 2.61. The lowest BCUT2D eigenvalue weighted by Gasteiger charge is -2.11. The monoisotopic (exact) mass is 368 g/mol. The van der Waals surface area contributed by atoms with E-state index in [0.29, 0.717) is 11.3 Å². The molecule has 0 saturated heterocycles. The molecule has 0 radical (unpaired) electrons. The van der Waals surface area contributed by atoms with Crippen LogP contribution in [-0.2, 0) is 19.1 Å². The Labute approximate surface area is 152 Å². The molecule has 1 N–H and O–H groups in total. The number of imidazole rings is 1. The predicted octanol–water partition coefficient (Wildman–Crippen LogP) is 5.06. The minimum absolute atomic E-state index is 0.478. The Morgan fingerprint density at radius 3 is 2.78 bits per heavy atom. The lowest BCUT2D eigenvalue weighted by molar-refractivity contribution is -0.137. The Kier molecular flexibility index (Phi) is 3.40. The van der Waals surface area contributed by atoms with E-state index in [1.807, 2.05) is 18.2 Å². The van der Waals surface area contributed by atoms with Gasteiger partial charge in [0.2, 0.25) is 0 Å². The maximum atomic E-state index is 13.2. The molecule has 5 rings (SSSR count). The number of nitrogens with zero attached hydrogens (tertiary/aromatic N) is 3. The summed E-state index contributed by atoms with van der Waals surface area (Å²) in [6, 6.07) is 11.3. The van der Waals surface area contributed by atoms with Crippen molar-refractivity contribution in [3.8, 4) is 22.5 Å². The summed E-state index contributed by atoms with van der Waals surface area (Å²) in [7, 11) is 0. The lowest BCUT2D eigenvalue weighted by Crippen LogP contribution is -2.04. The average molecular weight is 368 g/mol. The molecule has 2 aromatic heterocycles. The van der Waals surface area contributed by atoms with Gasteiger partial charge in [0.25, 0.3) is 0 Å². The predicted molar refractivity (Wildman–Crippen MR) is 96.1 cm³/mol. The minimum Gasteiger partial charge on any atom is -0.327 e. The van der Waals surface area contributed by atoms with Crippen LogP contribution in [0.5, 0.6) is 0 Å². The van der Waals surface area contributed by atoms with Crippen LogP contribution in [0.3, 0.4) is 0 Å². The van der Waals surface area contributed by atoms with Crippen LogP contribution >= 0.6 is 0 Å². The van der Waals surface area contributed by atoms with E-state index in [2.05, 4.69) is 14.8 Å². The fourth-order valence-corrected chi connectivity index (χ4v) is 3.75. The lowest BCUT2D eigenvalue weighted by atomic mass is 10.0. The summed E-state index contributed by atoms with van der Waals surface area (Å²) in [4.78, 5) is 4.70. The minimum atomic E-state index is -4.38. The van der Waals surface area contributed by atoms with Crippen LogP contribution in [-0.4, -0.2) is 19.7 Å². The number of hydrogen-bond acceptors (Lipinski definition) is 2. The van der Waals surface area contributed by atoms with Gasteiger partial charge in [0.05, 0.1) is 28.7 Å². The molecule has 3 heterocycles. The summed E-state index contributed by atoms with van der Waals surface area (Å²) < 4.78 is 41.6. The molecule has 0 saturated carbocycles. The second-order valence-corrected chi connectivity index (χ2v) is 6.73. The fraction of sp³-hybridized carbons (Fsp3) is 0.200. The molecule has 0 spiro atoms. The Morgan fingerprint density at radius 2 is 1.93 bits per heavy atom. The van der Waals surface area contributed by atoms with Crippen molar-refractivity contribution in [2.75, 3.05) is 0 Å². The van der Waals surface area contributed by atoms with Crippen molar-refractivity contribution in [1.82, 2.24) is 19.7 Å². The molecule has 0 amide bonds. The van der Waals surface area contributed by atoms with Gasteiger partial charge in [-0.3, -0.25) is 5.10 Å². The van der Waals surface area contributed by atoms with Crippen LogP contribution in [0.25, 0.3) is 33.4 Å². The second kappa shape index (κ2) is 5.70. The zero-order valence-corrected chi connectivity index (χ0v) is 14.2. The quantitative estimate of drug-likeness (QED) is 0.538. The topological polar surface area (TPSA) is 46.5 Å². The normalized spacial score (nSPS) is 14.0. The van der Waals surface area contributed by atoms with Crippen molar-refractivity contribution in [2.45, 2.75) is 25.6 Å². The molecule has 2 aromatic carbocycles. The molecule has 4 nitrogen and oxygen atoms in total. The van der Waals surface area contributed by atoms with Gasteiger partial charge in [0.1, 0.15) is 5.82 Å². The van der Waals surface area contributed by atoms with Crippen LogP contribution in [0, 0.1) is 0 Å². The highest BCUT2D eigenvalue weighted by Gasteiger charge is 2.31. The van der Waals surface area contributed by atoms with Crippen molar-refractivity contribution in [3.05, 3.63) is 60.0 Å². The van der Waals surface area contributed by atoms with Crippen molar-refractivity contribution in [3.63, 3.8) is 0 Å². The largest absolute Gasteiger partial charge is 0.416 e. The summed E-state index contributed by atoms with van der Waals surface area (Å²) in [5, 5.41) is 7.98. The van der Waals surface area contributed by atoms with Gasteiger partial charge in [0.15, 0.2) is 0 Å². The zero-order chi connectivity index (χ0) is 18.6. The number of aryl methyl sites for hydroxylation is 1. The van der Waals surface area contributed by atoms with E-state index in [1.165, 1.54) is 12.1 Å². The van der Waals surface area contributed by atoms with Gasteiger partial charge >= 0.3 is 6.18 Å². The van der Waals surface area contributed by atoms with Crippen molar-refractivity contribution in [2.24, 2.45) is 0 Å². The van der Waals surface area contributed by atoms with E-state index in [0.717, 1.165) is 53.4 Å². The first kappa shape index (κ1) is 16.1. The van der Waals surface area contributed by atoms with E-state index in [-0.39, 0.29) is 0 Å². The molecule has 0 fully saturated rings. The first-order valence-electron chi connectivity index (χ1n) is 8.71. The van der Waals surface area contributed by atoms with Crippen molar-refractivity contribution >= 4 is 10.9 Å². The third-order valence-electron chi connectivity index (χ3n) is 5.01. The molecule has 136 valence electrons. The fourth-order valence-electron chi connectivity index (χ4n) is 3.75. The van der Waals surface area contributed by atoms with Gasteiger partial charge in [0, 0.05) is 29.5 Å². The molecule has 0 unspecified atom stereocenters. The van der Waals surface area contributed by atoms with Gasteiger partial charge in [-0.15, -0.1) is 0 Å². The van der Waals surface area contributed by atoms with Gasteiger partial charge in [-0.1, -0.05) is 24.3 Å². The molecule has 4 aromatic rings. The summed E-state index contributed by atoms with van der Waals surface area (Å²) >= 11 is 0. The van der Waals surface area contributed by atoms with Crippen LogP contribution in [0.4, 0.5) is 13.2 Å². The number of hydrogen-bond donors (Lipinski definition) is 1. The maximum absolute atomic E-state index is 13.2. The average Bonchev–Trinajstić information content (AvgIpc) is 3.35. The first-order valence-corrected chi connectivity index (χ1v) is 8.71. The highest BCUT2D eigenvalue weighted by Crippen LogP contribution is 2.38. The molecule has 0 atom stereocenters. The number of halogens is 3. The van der Waals surface area contributed by atoms with Gasteiger partial charge in [-0.25, -0.2) is 4.98 Å². The van der Waals surface area contributed by atoms with E-state index < -0.39 is 11.7 Å². The third-order valence-corrected chi connectivity index (χ3v) is 5.01. The number of fused-ring (bicyclic) bond motifs is 2. The Bertz CT molecular complexity index is 1150. The summed E-state index contributed by atoms with van der Waals surface area (Å²) in [5.41, 5.74) is 3.07. The summed E-state index contributed by atoms with van der Waals surface area (Å²) in [5.74, 6) is 0.919. The van der Waals surface area contributed by atoms with E-state index in [9.17, 15) is 13.2 Å². The van der Waals surface area contributed by atoms with Crippen LogP contribution in [0.15, 0.2) is 48.7 Å². The molecular formula is C20H15F3N4. The molecule has 7 heteroatoms. The van der Waals surface area contributed by atoms with Crippen LogP contribution < -0.4 is 0 Å². The molecule has 1 aliphatic heterocycles. The standard InChI is InChI=1S/C20H15F3N4/c21-20(22,23)15-4-1-3-12(9-15)18-19(27-8-2-5-17(27)25-18)13-6-7-14-11-24-26-16(14)10-13/h1,3-4,6-7,9-11H,2,5,8H2,(H,24,26). The number of rotatable bonds is 2. The van der Waals surface area contributed by atoms with Gasteiger partial charge < -0.3 is 4.57 Å². The first-order chi connectivity index (χ1) is 13.0. The number of H-pyrrole nitrogens is 1. The number of aromatic amines is 1. The number of benzene rings is 2. The number of aromatic nitrogens is 4. The Hall–Kier alpha value is -3.09. The molecule has 27 heavy (non-hydrogen) atoms. The van der Waals surface area contributed by atoms with E-state index in [4.69, 9.17) is 4.98 Å². The van der Waals surface area contributed by atoms with E-state index in [1.54, 1.807) is 12.3 Å². The SMILES string of the molecule is FC(F)(F)c1cccc(-c2nc3n(c2-c2ccc4cn[nH]c4c2)CCC3)c1. The van der Waals surface area contributed by atoms with E-state index >= 15 is 0 Å². The summed E-state index contributed by atoms with van der Waals surface area (Å²) in [6.45, 7) is 0.817. The highest BCUT2D eigenvalue weighted by molar-refractivity contribution is 5.87. The van der Waals surface area contributed by atoms with Gasteiger partial charge in [-0.05, 0) is 24.6 Å². The molecular weight excluding hydrogens is 353 g/mol. The van der Waals surface area contributed by atoms with Crippen molar-refractivity contribution in [1.29, 1.82) is 0 Å². The molecule has 1 aliphatic rings. The van der Waals surface area contributed by atoms with Gasteiger partial charge in [-0.2, -0.15) is 18.3 Å². The number of nitrogens with one attached hydrogen (secondary N) is 1. The smallest absolute Gasteiger partial charge is 0.327 e. The second-order valence-electron chi connectivity index (χ2n) is 6.73.